The van der Waals surface area contributed by atoms with Gasteiger partial charge in [-0.25, -0.2) is 0 Å². The predicted molar refractivity (Wildman–Crippen MR) is 84.3 cm³/mol. The van der Waals surface area contributed by atoms with E-state index in [0.29, 0.717) is 11.4 Å². The van der Waals surface area contributed by atoms with Gasteiger partial charge < -0.3 is 10.2 Å². The molecule has 0 amide bonds. The van der Waals surface area contributed by atoms with Crippen molar-refractivity contribution in [3.05, 3.63) is 16.8 Å². The number of aromatic nitrogens is 2. The lowest BCUT2D eigenvalue weighted by Crippen LogP contribution is -2.34. The Labute approximate surface area is 127 Å². The first-order chi connectivity index (χ1) is 10.3. The highest BCUT2D eigenvalue weighted by atomic mass is 15.2. The van der Waals surface area contributed by atoms with Gasteiger partial charge in [-0.2, -0.15) is 10.4 Å². The van der Waals surface area contributed by atoms with Crippen LogP contribution in [0.1, 0.15) is 49.9 Å². The van der Waals surface area contributed by atoms with Crippen molar-refractivity contribution in [2.75, 3.05) is 31.5 Å². The van der Waals surface area contributed by atoms with Gasteiger partial charge in [0.25, 0.3) is 0 Å². The third kappa shape index (κ3) is 3.92. The van der Waals surface area contributed by atoms with Crippen molar-refractivity contribution in [2.24, 2.45) is 0 Å². The van der Waals surface area contributed by atoms with Gasteiger partial charge in [-0.05, 0) is 44.3 Å². The number of nitrogens with zero attached hydrogens (tertiary/aromatic N) is 4. The molecule has 0 unspecified atom stereocenters. The highest BCUT2D eigenvalue weighted by molar-refractivity contribution is 5.56. The minimum absolute atomic E-state index is 0.642. The van der Waals surface area contributed by atoms with Gasteiger partial charge in [-0.15, -0.1) is 5.10 Å². The van der Waals surface area contributed by atoms with E-state index in [-0.39, 0.29) is 0 Å². The first-order valence-electron chi connectivity index (χ1n) is 8.04. The second kappa shape index (κ2) is 7.94. The van der Waals surface area contributed by atoms with E-state index in [1.807, 2.05) is 6.92 Å². The smallest absolute Gasteiger partial charge is 0.166 e. The lowest BCUT2D eigenvalue weighted by Gasteiger charge is -2.26. The van der Waals surface area contributed by atoms with Crippen molar-refractivity contribution in [1.29, 1.82) is 5.26 Å². The average molecular weight is 287 g/mol. The van der Waals surface area contributed by atoms with Crippen LogP contribution in [0.2, 0.25) is 0 Å². The van der Waals surface area contributed by atoms with Crippen LogP contribution in [0.3, 0.4) is 0 Å². The molecule has 1 aromatic rings. The summed E-state index contributed by atoms with van der Waals surface area (Å²) in [6.07, 6.45) is 5.59. The van der Waals surface area contributed by atoms with Crippen LogP contribution in [0.25, 0.3) is 0 Å². The highest BCUT2D eigenvalue weighted by Crippen LogP contribution is 2.19. The maximum atomic E-state index is 9.43. The van der Waals surface area contributed by atoms with E-state index in [1.165, 1.54) is 32.4 Å². The van der Waals surface area contributed by atoms with E-state index < -0.39 is 0 Å². The van der Waals surface area contributed by atoms with Gasteiger partial charge in [-0.1, -0.05) is 20.3 Å². The monoisotopic (exact) mass is 287 g/mol. The molecular formula is C16H25N5. The minimum atomic E-state index is 0.642. The van der Waals surface area contributed by atoms with E-state index in [2.05, 4.69) is 33.4 Å². The van der Waals surface area contributed by atoms with Crippen LogP contribution < -0.4 is 5.32 Å². The van der Waals surface area contributed by atoms with Gasteiger partial charge in [0, 0.05) is 13.1 Å². The number of nitriles is 1. The molecule has 0 spiro atoms. The van der Waals surface area contributed by atoms with Crippen LogP contribution in [-0.4, -0.2) is 41.3 Å². The number of hydrogen-bond donors (Lipinski definition) is 1. The van der Waals surface area contributed by atoms with Crippen molar-refractivity contribution in [2.45, 2.75) is 46.0 Å². The minimum Gasteiger partial charge on any atom is -0.366 e. The third-order valence-corrected chi connectivity index (χ3v) is 4.13. The SMILES string of the molecule is CCc1nnc(NCCN2CCCCC2)c(C#N)c1CC. The molecule has 21 heavy (non-hydrogen) atoms. The molecular weight excluding hydrogens is 262 g/mol. The summed E-state index contributed by atoms with van der Waals surface area (Å²) < 4.78 is 0. The van der Waals surface area contributed by atoms with Crippen LogP contribution in [0.4, 0.5) is 5.82 Å². The first kappa shape index (κ1) is 15.7. The summed E-state index contributed by atoms with van der Waals surface area (Å²) in [4.78, 5) is 2.47. The Hall–Kier alpha value is -1.67. The number of rotatable bonds is 6. The number of hydrogen-bond acceptors (Lipinski definition) is 5. The molecule has 5 heteroatoms. The molecule has 0 saturated carbocycles. The molecule has 0 aromatic carbocycles. The maximum Gasteiger partial charge on any atom is 0.166 e. The summed E-state index contributed by atoms with van der Waals surface area (Å²) in [7, 11) is 0. The number of aryl methyl sites for hydroxylation is 1. The van der Waals surface area contributed by atoms with Gasteiger partial charge in [0.05, 0.1) is 5.69 Å². The van der Waals surface area contributed by atoms with E-state index in [0.717, 1.165) is 37.2 Å². The Balaban J connectivity index is 2.00. The van der Waals surface area contributed by atoms with Crippen LogP contribution in [0.5, 0.6) is 0 Å². The fourth-order valence-electron chi connectivity index (χ4n) is 2.93. The van der Waals surface area contributed by atoms with E-state index in [4.69, 9.17) is 0 Å². The highest BCUT2D eigenvalue weighted by Gasteiger charge is 2.14. The van der Waals surface area contributed by atoms with E-state index in [1.54, 1.807) is 0 Å². The van der Waals surface area contributed by atoms with Gasteiger partial charge in [0.15, 0.2) is 5.82 Å². The third-order valence-electron chi connectivity index (χ3n) is 4.13. The molecule has 1 N–H and O–H groups in total. The Bertz CT molecular complexity index is 500. The van der Waals surface area contributed by atoms with Crippen molar-refractivity contribution < 1.29 is 0 Å². The van der Waals surface area contributed by atoms with Crippen molar-refractivity contribution in [3.8, 4) is 6.07 Å². The average Bonchev–Trinajstić information content (AvgIpc) is 2.55. The lowest BCUT2D eigenvalue weighted by atomic mass is 10.0. The second-order valence-corrected chi connectivity index (χ2v) is 5.50. The Morgan fingerprint density at radius 3 is 2.52 bits per heavy atom. The lowest BCUT2D eigenvalue weighted by molar-refractivity contribution is 0.237. The molecule has 1 aromatic heterocycles. The standard InChI is InChI=1S/C16H25N5/c1-3-13-14(12-17)16(20-19-15(13)4-2)18-8-11-21-9-6-5-7-10-21/h3-11H2,1-2H3,(H,18,20). The zero-order chi connectivity index (χ0) is 15.1. The Morgan fingerprint density at radius 1 is 1.14 bits per heavy atom. The second-order valence-electron chi connectivity index (χ2n) is 5.50. The number of anilines is 1. The molecule has 0 radical (unpaired) electrons. The molecule has 2 heterocycles. The van der Waals surface area contributed by atoms with Crippen molar-refractivity contribution >= 4 is 5.82 Å². The normalized spacial score (nSPS) is 15.7. The van der Waals surface area contributed by atoms with Crippen molar-refractivity contribution in [3.63, 3.8) is 0 Å². The molecule has 1 aliphatic rings. The molecule has 0 atom stereocenters. The van der Waals surface area contributed by atoms with Gasteiger partial charge >= 0.3 is 0 Å². The number of nitrogens with one attached hydrogen (secondary N) is 1. The molecule has 114 valence electrons. The quantitative estimate of drug-likeness (QED) is 0.870. The summed E-state index contributed by atoms with van der Waals surface area (Å²) in [6, 6.07) is 2.30. The van der Waals surface area contributed by atoms with Gasteiger partial charge in [-0.3, -0.25) is 0 Å². The van der Waals surface area contributed by atoms with Gasteiger partial charge in [0.1, 0.15) is 11.6 Å². The summed E-state index contributed by atoms with van der Waals surface area (Å²) in [5.74, 6) is 0.642. The summed E-state index contributed by atoms with van der Waals surface area (Å²) in [5, 5.41) is 21.2. The largest absolute Gasteiger partial charge is 0.366 e. The van der Waals surface area contributed by atoms with Crippen LogP contribution >= 0.6 is 0 Å². The number of piperidine rings is 1. The molecule has 5 nitrogen and oxygen atoms in total. The molecule has 0 aliphatic carbocycles. The Kier molecular flexibility index (Phi) is 5.94. The number of likely N-dealkylation sites (tertiary alicyclic amines) is 1. The molecule has 1 aliphatic heterocycles. The summed E-state index contributed by atoms with van der Waals surface area (Å²) in [6.45, 7) is 8.31. The van der Waals surface area contributed by atoms with Crippen LogP contribution in [0.15, 0.2) is 0 Å². The fourth-order valence-corrected chi connectivity index (χ4v) is 2.93. The molecule has 0 bridgehead atoms. The Morgan fingerprint density at radius 2 is 1.90 bits per heavy atom. The topological polar surface area (TPSA) is 64.8 Å². The van der Waals surface area contributed by atoms with Crippen molar-refractivity contribution in [1.82, 2.24) is 15.1 Å². The van der Waals surface area contributed by atoms with E-state index >= 15 is 0 Å². The first-order valence-corrected chi connectivity index (χ1v) is 8.04. The molecule has 2 rings (SSSR count). The molecule has 1 saturated heterocycles. The summed E-state index contributed by atoms with van der Waals surface area (Å²) in [5.41, 5.74) is 2.65. The van der Waals surface area contributed by atoms with Crippen LogP contribution in [-0.2, 0) is 12.8 Å². The maximum absolute atomic E-state index is 9.43. The van der Waals surface area contributed by atoms with Gasteiger partial charge in [0.2, 0.25) is 0 Å². The molecule has 1 fully saturated rings. The van der Waals surface area contributed by atoms with Crippen LogP contribution in [0, 0.1) is 11.3 Å². The fraction of sp³-hybridized carbons (Fsp3) is 0.688. The zero-order valence-corrected chi connectivity index (χ0v) is 13.2. The predicted octanol–water partition coefficient (Wildman–Crippen LogP) is 2.37. The zero-order valence-electron chi connectivity index (χ0n) is 13.2. The van der Waals surface area contributed by atoms with E-state index in [9.17, 15) is 5.26 Å². The summed E-state index contributed by atoms with van der Waals surface area (Å²) >= 11 is 0.